The Morgan fingerprint density at radius 3 is 2.85 bits per heavy atom. The Labute approximate surface area is 154 Å². The number of carbonyl (C=O) groups is 2. The minimum atomic E-state index is -0.183. The largest absolute Gasteiger partial charge is 0.465 e. The van der Waals surface area contributed by atoms with Crippen LogP contribution in [-0.2, 0) is 14.3 Å². The van der Waals surface area contributed by atoms with E-state index in [-0.39, 0.29) is 17.8 Å². The van der Waals surface area contributed by atoms with Crippen LogP contribution in [0.1, 0.15) is 32.1 Å². The van der Waals surface area contributed by atoms with E-state index in [1.54, 1.807) is 0 Å². The molecular weight excluding hydrogens is 332 g/mol. The van der Waals surface area contributed by atoms with Crippen molar-refractivity contribution in [3.8, 4) is 0 Å². The first-order valence-electron chi connectivity index (χ1n) is 9.34. The summed E-state index contributed by atoms with van der Waals surface area (Å²) in [6, 6.07) is 4.39. The number of pyridine rings is 1. The van der Waals surface area contributed by atoms with Gasteiger partial charge in [-0.15, -0.1) is 0 Å². The fourth-order valence-corrected chi connectivity index (χ4v) is 3.53. The first-order chi connectivity index (χ1) is 12.5. The molecule has 0 unspecified atom stereocenters. The number of amides is 1. The Morgan fingerprint density at radius 1 is 1.35 bits per heavy atom. The number of ether oxygens (including phenoxy) is 1. The summed E-state index contributed by atoms with van der Waals surface area (Å²) in [4.78, 5) is 32.0. The summed E-state index contributed by atoms with van der Waals surface area (Å²) in [5.74, 6) is 0.943. The van der Waals surface area contributed by atoms with Gasteiger partial charge in [-0.1, -0.05) is 0 Å². The molecule has 0 aliphatic carbocycles. The van der Waals surface area contributed by atoms with Gasteiger partial charge in [-0.3, -0.25) is 9.59 Å². The predicted octanol–water partition coefficient (Wildman–Crippen LogP) is 1.89. The van der Waals surface area contributed by atoms with Gasteiger partial charge in [-0.05, 0) is 31.4 Å². The summed E-state index contributed by atoms with van der Waals surface area (Å²) < 4.78 is 4.96. The minimum Gasteiger partial charge on any atom is -0.465 e. The van der Waals surface area contributed by atoms with Crippen molar-refractivity contribution in [2.24, 2.45) is 5.92 Å². The van der Waals surface area contributed by atoms with E-state index in [0.29, 0.717) is 25.5 Å². The van der Waals surface area contributed by atoms with Crippen LogP contribution in [-0.4, -0.2) is 61.6 Å². The molecule has 7 nitrogen and oxygen atoms in total. The van der Waals surface area contributed by atoms with E-state index in [2.05, 4.69) is 10.3 Å². The maximum Gasteiger partial charge on any atom is 0.306 e. The highest BCUT2D eigenvalue weighted by atomic mass is 16.5. The lowest BCUT2D eigenvalue weighted by molar-refractivity contribution is -0.138. The number of carbonyl (C=O) groups excluding carboxylic acids is 2. The van der Waals surface area contributed by atoms with Crippen LogP contribution in [0, 0.1) is 5.92 Å². The topological polar surface area (TPSA) is 74.8 Å². The lowest BCUT2D eigenvalue weighted by atomic mass is 10.0. The van der Waals surface area contributed by atoms with Crippen molar-refractivity contribution in [1.29, 1.82) is 0 Å². The van der Waals surface area contributed by atoms with Crippen molar-refractivity contribution in [2.45, 2.75) is 38.1 Å². The molecule has 0 bridgehead atoms. The van der Waals surface area contributed by atoms with Gasteiger partial charge in [-0.2, -0.15) is 0 Å². The van der Waals surface area contributed by atoms with E-state index in [0.717, 1.165) is 43.9 Å². The normalized spacial score (nSPS) is 23.3. The number of nitrogens with zero attached hydrogens (tertiary/aromatic N) is 3. The van der Waals surface area contributed by atoms with E-state index in [1.165, 1.54) is 0 Å². The number of likely N-dealkylation sites (tertiary alicyclic amines) is 1. The molecule has 1 N–H and O–H groups in total. The third-order valence-electron chi connectivity index (χ3n) is 5.06. The molecule has 0 radical (unpaired) electrons. The van der Waals surface area contributed by atoms with Gasteiger partial charge in [0.15, 0.2) is 0 Å². The first kappa shape index (κ1) is 18.5. The lowest BCUT2D eigenvalue weighted by Crippen LogP contribution is -2.34. The number of cyclic esters (lactones) is 1. The van der Waals surface area contributed by atoms with E-state index in [4.69, 9.17) is 4.74 Å². The molecule has 1 amide bonds. The summed E-state index contributed by atoms with van der Waals surface area (Å²) in [5, 5.41) is 3.54. The van der Waals surface area contributed by atoms with Crippen molar-refractivity contribution in [3.63, 3.8) is 0 Å². The minimum absolute atomic E-state index is 0.0495. The lowest BCUT2D eigenvalue weighted by Gasteiger charge is -2.22. The summed E-state index contributed by atoms with van der Waals surface area (Å²) in [5.41, 5.74) is 1.02. The molecule has 0 saturated carbocycles. The van der Waals surface area contributed by atoms with E-state index in [1.807, 2.05) is 42.2 Å². The number of esters is 1. The van der Waals surface area contributed by atoms with Crippen molar-refractivity contribution >= 4 is 23.4 Å². The van der Waals surface area contributed by atoms with Crippen molar-refractivity contribution in [2.75, 3.05) is 44.0 Å². The number of aromatic nitrogens is 1. The number of nitrogens with one attached hydrogen (secondary N) is 1. The van der Waals surface area contributed by atoms with Gasteiger partial charge in [0.2, 0.25) is 5.91 Å². The third-order valence-corrected chi connectivity index (χ3v) is 5.06. The first-order valence-corrected chi connectivity index (χ1v) is 9.34. The zero-order chi connectivity index (χ0) is 18.5. The third kappa shape index (κ3) is 4.86. The molecule has 26 heavy (non-hydrogen) atoms. The molecule has 2 saturated heterocycles. The molecule has 3 rings (SSSR count). The molecule has 1 aromatic heterocycles. The van der Waals surface area contributed by atoms with Crippen LogP contribution in [0.2, 0.25) is 0 Å². The molecule has 1 aromatic rings. The molecule has 0 aromatic carbocycles. The Kier molecular flexibility index (Phi) is 5.96. The van der Waals surface area contributed by atoms with E-state index < -0.39 is 0 Å². The number of hydrogen-bond acceptors (Lipinski definition) is 6. The summed E-state index contributed by atoms with van der Waals surface area (Å²) in [6.07, 6.45) is 5.58. The average Bonchev–Trinajstić information content (AvgIpc) is 2.88. The standard InChI is InChI=1S/C19H28N4O3/c1-22(2)17-6-5-16(12-20-17)21-15-4-3-8-23(9-7-15)18(24)10-14-11-19(25)26-13-14/h5-6,12,14-15,21H,3-4,7-11,13H2,1-2H3/t14-,15+/m0/s1. The van der Waals surface area contributed by atoms with Crippen molar-refractivity contribution in [1.82, 2.24) is 9.88 Å². The highest BCUT2D eigenvalue weighted by Gasteiger charge is 2.28. The highest BCUT2D eigenvalue weighted by Crippen LogP contribution is 2.22. The smallest absolute Gasteiger partial charge is 0.306 e. The number of rotatable bonds is 5. The molecule has 2 aliphatic heterocycles. The maximum atomic E-state index is 12.5. The summed E-state index contributed by atoms with van der Waals surface area (Å²) >= 11 is 0. The molecule has 2 aliphatic rings. The zero-order valence-electron chi connectivity index (χ0n) is 15.6. The van der Waals surface area contributed by atoms with Gasteiger partial charge in [-0.25, -0.2) is 4.98 Å². The monoisotopic (exact) mass is 360 g/mol. The maximum absolute atomic E-state index is 12.5. The van der Waals surface area contributed by atoms with Crippen LogP contribution in [0.4, 0.5) is 11.5 Å². The van der Waals surface area contributed by atoms with E-state index >= 15 is 0 Å². The Balaban J connectivity index is 1.48. The van der Waals surface area contributed by atoms with Gasteiger partial charge in [0.05, 0.1) is 24.9 Å². The Morgan fingerprint density at radius 2 is 2.19 bits per heavy atom. The van der Waals surface area contributed by atoms with Crippen LogP contribution in [0.15, 0.2) is 18.3 Å². The molecule has 0 spiro atoms. The average molecular weight is 360 g/mol. The Hall–Kier alpha value is -2.31. The summed E-state index contributed by atoms with van der Waals surface area (Å²) in [7, 11) is 3.94. The summed E-state index contributed by atoms with van der Waals surface area (Å²) in [6.45, 7) is 1.93. The van der Waals surface area contributed by atoms with Gasteiger partial charge in [0.1, 0.15) is 5.82 Å². The van der Waals surface area contributed by atoms with Crippen LogP contribution < -0.4 is 10.2 Å². The fraction of sp³-hybridized carbons (Fsp3) is 0.632. The van der Waals surface area contributed by atoms with Crippen LogP contribution in [0.3, 0.4) is 0 Å². The SMILES string of the molecule is CN(C)c1ccc(N[C@@H]2CCCN(C(=O)C[C@@H]3COC(=O)C3)CC2)cn1. The van der Waals surface area contributed by atoms with Crippen LogP contribution in [0.5, 0.6) is 0 Å². The van der Waals surface area contributed by atoms with Crippen molar-refractivity contribution in [3.05, 3.63) is 18.3 Å². The molecular formula is C19H28N4O3. The van der Waals surface area contributed by atoms with Crippen LogP contribution >= 0.6 is 0 Å². The number of anilines is 2. The van der Waals surface area contributed by atoms with Crippen molar-refractivity contribution < 1.29 is 14.3 Å². The highest BCUT2D eigenvalue weighted by molar-refractivity contribution is 5.78. The van der Waals surface area contributed by atoms with E-state index in [9.17, 15) is 9.59 Å². The predicted molar refractivity (Wildman–Crippen MR) is 100 cm³/mol. The molecule has 142 valence electrons. The Bertz CT molecular complexity index is 632. The van der Waals surface area contributed by atoms with Crippen LogP contribution in [0.25, 0.3) is 0 Å². The quantitative estimate of drug-likeness (QED) is 0.809. The zero-order valence-corrected chi connectivity index (χ0v) is 15.6. The van der Waals surface area contributed by atoms with Gasteiger partial charge in [0, 0.05) is 45.6 Å². The fourth-order valence-electron chi connectivity index (χ4n) is 3.53. The van der Waals surface area contributed by atoms with Gasteiger partial charge < -0.3 is 19.9 Å². The molecule has 7 heteroatoms. The number of hydrogen-bond donors (Lipinski definition) is 1. The second-order valence-electron chi connectivity index (χ2n) is 7.41. The second kappa shape index (κ2) is 8.38. The molecule has 3 heterocycles. The molecule has 2 fully saturated rings. The van der Waals surface area contributed by atoms with Gasteiger partial charge in [0.25, 0.3) is 0 Å². The van der Waals surface area contributed by atoms with Gasteiger partial charge >= 0.3 is 5.97 Å². The molecule has 2 atom stereocenters. The second-order valence-corrected chi connectivity index (χ2v) is 7.41.